The van der Waals surface area contributed by atoms with Crippen molar-refractivity contribution in [2.24, 2.45) is 5.73 Å². The summed E-state index contributed by atoms with van der Waals surface area (Å²) in [5, 5.41) is 0.463. The van der Waals surface area contributed by atoms with Crippen LogP contribution in [0.1, 0.15) is 51.4 Å². The quantitative estimate of drug-likeness (QED) is 0.592. The van der Waals surface area contributed by atoms with Gasteiger partial charge in [0.05, 0.1) is 0 Å². The monoisotopic (exact) mass is 167 g/mol. The van der Waals surface area contributed by atoms with E-state index >= 15 is 0 Å². The zero-order valence-corrected chi connectivity index (χ0v) is 8.44. The van der Waals surface area contributed by atoms with E-state index < -0.39 is 0 Å². The molecule has 1 saturated carbocycles. The smallest absolute Gasteiger partial charge is 0.111 e. The van der Waals surface area contributed by atoms with Crippen molar-refractivity contribution in [2.75, 3.05) is 6.54 Å². The van der Waals surface area contributed by atoms with Gasteiger partial charge in [0.15, 0.2) is 0 Å². The molecule has 0 aromatic carbocycles. The fourth-order valence-corrected chi connectivity index (χ4v) is 2.14. The van der Waals surface area contributed by atoms with Gasteiger partial charge in [0.25, 0.3) is 0 Å². The minimum Gasteiger partial charge on any atom is -0.331 e. The van der Waals surface area contributed by atoms with E-state index in [-0.39, 0.29) is 0 Å². The van der Waals surface area contributed by atoms with E-state index in [1.165, 1.54) is 51.4 Å². The third kappa shape index (κ3) is 3.18. The lowest BCUT2D eigenvalue weighted by Gasteiger charge is -2.27. The summed E-state index contributed by atoms with van der Waals surface area (Å²) < 4.78 is 0. The Balaban J connectivity index is 2.38. The van der Waals surface area contributed by atoms with E-state index in [4.69, 9.17) is 5.73 Å². The van der Waals surface area contributed by atoms with Crippen molar-refractivity contribution in [1.29, 1.82) is 0 Å². The van der Waals surface area contributed by atoms with Gasteiger partial charge in [-0.3, -0.25) is 0 Å². The Labute approximate surface area is 77.5 Å². The van der Waals surface area contributed by atoms with Gasteiger partial charge in [-0.05, 0) is 11.9 Å². The molecule has 1 aliphatic rings. The Morgan fingerprint density at radius 2 is 1.33 bits per heavy atom. The first-order chi connectivity index (χ1) is 5.77. The molecule has 0 radical (unpaired) electrons. The molecule has 1 aliphatic carbocycles. The highest BCUT2D eigenvalue weighted by atomic mass is 14.6. The summed E-state index contributed by atoms with van der Waals surface area (Å²) in [6, 6.07) is 0. The minimum atomic E-state index is 0.463. The second-order valence-corrected chi connectivity index (χ2v) is 4.64. The standard InChI is InChI=1S/C10H22BN/c11-10(9-12)7-5-3-1-2-4-6-8-10/h1-9,11-12H2. The van der Waals surface area contributed by atoms with Crippen LogP contribution in [0.5, 0.6) is 0 Å². The van der Waals surface area contributed by atoms with Crippen molar-refractivity contribution in [3.63, 3.8) is 0 Å². The Morgan fingerprint density at radius 3 is 1.75 bits per heavy atom. The van der Waals surface area contributed by atoms with Crippen molar-refractivity contribution in [1.82, 2.24) is 0 Å². The molecule has 0 unspecified atom stereocenters. The molecule has 0 aromatic heterocycles. The molecule has 2 N–H and O–H groups in total. The molecular formula is C10H22BN. The van der Waals surface area contributed by atoms with Gasteiger partial charge in [-0.1, -0.05) is 51.4 Å². The van der Waals surface area contributed by atoms with Crippen LogP contribution in [0, 0.1) is 0 Å². The molecule has 0 spiro atoms. The van der Waals surface area contributed by atoms with E-state index in [1.54, 1.807) is 0 Å². The van der Waals surface area contributed by atoms with Crippen LogP contribution >= 0.6 is 0 Å². The van der Waals surface area contributed by atoms with Gasteiger partial charge in [0, 0.05) is 0 Å². The summed E-state index contributed by atoms with van der Waals surface area (Å²) in [5.41, 5.74) is 5.81. The zero-order chi connectivity index (χ0) is 8.86. The van der Waals surface area contributed by atoms with Crippen LogP contribution in [0.15, 0.2) is 0 Å². The molecule has 70 valence electrons. The third-order valence-electron chi connectivity index (χ3n) is 3.30. The van der Waals surface area contributed by atoms with Crippen LogP contribution in [0.2, 0.25) is 5.31 Å². The number of hydrogen-bond acceptors (Lipinski definition) is 1. The van der Waals surface area contributed by atoms with Gasteiger partial charge in [0.1, 0.15) is 7.85 Å². The molecule has 0 heterocycles. The molecule has 0 aliphatic heterocycles. The van der Waals surface area contributed by atoms with Gasteiger partial charge in [-0.15, -0.1) is 0 Å². The Hall–Kier alpha value is 0.0249. The predicted octanol–water partition coefficient (Wildman–Crippen LogP) is 1.87. The number of rotatable bonds is 1. The molecule has 0 aromatic rings. The number of hydrogen-bond donors (Lipinski definition) is 1. The topological polar surface area (TPSA) is 26.0 Å². The SMILES string of the molecule is BC1(CN)CCCCCCCC1. The molecule has 0 atom stereocenters. The average molecular weight is 167 g/mol. The summed E-state index contributed by atoms with van der Waals surface area (Å²) in [7, 11) is 2.36. The highest BCUT2D eigenvalue weighted by Crippen LogP contribution is 2.35. The predicted molar refractivity (Wildman–Crippen MR) is 57.2 cm³/mol. The van der Waals surface area contributed by atoms with Gasteiger partial charge in [-0.25, -0.2) is 0 Å². The minimum absolute atomic E-state index is 0.463. The first-order valence-corrected chi connectivity index (χ1v) is 5.47. The first-order valence-electron chi connectivity index (χ1n) is 5.47. The Morgan fingerprint density at radius 1 is 0.917 bits per heavy atom. The Bertz CT molecular complexity index is 115. The lowest BCUT2D eigenvalue weighted by atomic mass is 9.63. The zero-order valence-electron chi connectivity index (χ0n) is 8.44. The maximum absolute atomic E-state index is 5.81. The van der Waals surface area contributed by atoms with E-state index in [1.807, 2.05) is 0 Å². The van der Waals surface area contributed by atoms with Crippen LogP contribution < -0.4 is 5.73 Å². The molecular weight excluding hydrogens is 145 g/mol. The first kappa shape index (κ1) is 10.1. The fraction of sp³-hybridized carbons (Fsp3) is 1.00. The van der Waals surface area contributed by atoms with Crippen LogP contribution in [-0.2, 0) is 0 Å². The molecule has 2 heteroatoms. The molecule has 0 amide bonds. The van der Waals surface area contributed by atoms with Crippen LogP contribution in [-0.4, -0.2) is 14.4 Å². The van der Waals surface area contributed by atoms with Gasteiger partial charge in [-0.2, -0.15) is 0 Å². The molecule has 1 fully saturated rings. The van der Waals surface area contributed by atoms with Crippen LogP contribution in [0.25, 0.3) is 0 Å². The second kappa shape index (κ2) is 4.91. The Kier molecular flexibility index (Phi) is 4.13. The summed E-state index contributed by atoms with van der Waals surface area (Å²) in [4.78, 5) is 0. The molecule has 1 rings (SSSR count). The molecule has 12 heavy (non-hydrogen) atoms. The van der Waals surface area contributed by atoms with Gasteiger partial charge in [0.2, 0.25) is 0 Å². The summed E-state index contributed by atoms with van der Waals surface area (Å²) >= 11 is 0. The summed E-state index contributed by atoms with van der Waals surface area (Å²) in [6.45, 7) is 0.882. The van der Waals surface area contributed by atoms with Crippen molar-refractivity contribution >= 4 is 7.85 Å². The van der Waals surface area contributed by atoms with Gasteiger partial charge >= 0.3 is 0 Å². The third-order valence-corrected chi connectivity index (χ3v) is 3.30. The summed E-state index contributed by atoms with van der Waals surface area (Å²) in [5.74, 6) is 0. The largest absolute Gasteiger partial charge is 0.331 e. The second-order valence-electron chi connectivity index (χ2n) is 4.64. The maximum atomic E-state index is 5.81. The maximum Gasteiger partial charge on any atom is 0.111 e. The van der Waals surface area contributed by atoms with Crippen LogP contribution in [0.4, 0.5) is 0 Å². The van der Waals surface area contributed by atoms with Gasteiger partial charge < -0.3 is 5.73 Å². The van der Waals surface area contributed by atoms with Crippen molar-refractivity contribution in [3.8, 4) is 0 Å². The van der Waals surface area contributed by atoms with E-state index in [2.05, 4.69) is 7.85 Å². The van der Waals surface area contributed by atoms with Crippen molar-refractivity contribution < 1.29 is 0 Å². The lowest BCUT2D eigenvalue weighted by Crippen LogP contribution is -2.23. The van der Waals surface area contributed by atoms with Crippen LogP contribution in [0.3, 0.4) is 0 Å². The fourth-order valence-electron chi connectivity index (χ4n) is 2.14. The highest BCUT2D eigenvalue weighted by Gasteiger charge is 2.21. The molecule has 0 bridgehead atoms. The van der Waals surface area contributed by atoms with Crippen molar-refractivity contribution in [2.45, 2.75) is 56.7 Å². The van der Waals surface area contributed by atoms with E-state index in [0.717, 1.165) is 6.54 Å². The average Bonchev–Trinajstić information content (AvgIpc) is 2.18. The highest BCUT2D eigenvalue weighted by molar-refractivity contribution is 6.15. The molecule has 1 nitrogen and oxygen atoms in total. The molecule has 0 saturated heterocycles. The summed E-state index contributed by atoms with van der Waals surface area (Å²) in [6.07, 6.45) is 11.2. The van der Waals surface area contributed by atoms with Crippen molar-refractivity contribution in [3.05, 3.63) is 0 Å². The normalized spacial score (nSPS) is 25.4. The lowest BCUT2D eigenvalue weighted by molar-refractivity contribution is 0.460. The van der Waals surface area contributed by atoms with E-state index in [9.17, 15) is 0 Å². The van der Waals surface area contributed by atoms with E-state index in [0.29, 0.717) is 5.31 Å². The number of nitrogens with two attached hydrogens (primary N) is 1.